The number of nitrogens with one attached hydrogen (secondary N) is 1. The molecule has 6 nitrogen and oxygen atoms in total. The second-order valence-electron chi connectivity index (χ2n) is 4.22. The van der Waals surface area contributed by atoms with E-state index in [-0.39, 0.29) is 43.6 Å². The maximum absolute atomic E-state index is 10.9. The molecule has 1 rings (SSSR count). The number of aliphatic carboxylic acids is 1. The van der Waals surface area contributed by atoms with Crippen LogP contribution in [0.25, 0.3) is 0 Å². The van der Waals surface area contributed by atoms with Crippen molar-refractivity contribution in [2.45, 2.75) is 24.7 Å². The molecular weight excluding hydrogens is 270 g/mol. The lowest BCUT2D eigenvalue weighted by atomic mass is 9.76. The van der Waals surface area contributed by atoms with Crippen LogP contribution >= 0.6 is 24.8 Å². The first kappa shape index (κ1) is 19.3. The van der Waals surface area contributed by atoms with Crippen molar-refractivity contribution in [2.75, 3.05) is 13.1 Å². The van der Waals surface area contributed by atoms with E-state index in [0.717, 1.165) is 0 Å². The number of carbonyl (C=O) groups is 1. The highest BCUT2D eigenvalue weighted by molar-refractivity contribution is 6.40. The van der Waals surface area contributed by atoms with Crippen LogP contribution in [0.5, 0.6) is 0 Å². The molecule has 6 N–H and O–H groups in total. The van der Waals surface area contributed by atoms with Gasteiger partial charge in [0.25, 0.3) is 0 Å². The van der Waals surface area contributed by atoms with Gasteiger partial charge in [-0.1, -0.05) is 6.42 Å². The van der Waals surface area contributed by atoms with Gasteiger partial charge in [0.1, 0.15) is 5.54 Å². The van der Waals surface area contributed by atoms with Gasteiger partial charge in [-0.15, -0.1) is 24.8 Å². The average Bonchev–Trinajstić information content (AvgIpc) is 2.15. The van der Waals surface area contributed by atoms with Crippen LogP contribution < -0.4 is 11.1 Å². The van der Waals surface area contributed by atoms with Gasteiger partial charge in [-0.3, -0.25) is 4.79 Å². The number of carboxylic acids is 1. The average molecular weight is 289 g/mol. The van der Waals surface area contributed by atoms with E-state index >= 15 is 0 Å². The van der Waals surface area contributed by atoms with Crippen molar-refractivity contribution in [1.82, 2.24) is 5.32 Å². The molecule has 0 saturated carbocycles. The fraction of sp³-hybridized carbons (Fsp3) is 0.875. The number of carboxylic acid groups (broad SMARTS) is 1. The number of hydrogen-bond acceptors (Lipinski definition) is 5. The van der Waals surface area contributed by atoms with Crippen LogP contribution in [0, 0.1) is 5.92 Å². The van der Waals surface area contributed by atoms with E-state index in [9.17, 15) is 4.79 Å². The van der Waals surface area contributed by atoms with Crippen LogP contribution in [0.1, 0.15) is 12.8 Å². The van der Waals surface area contributed by atoms with Gasteiger partial charge < -0.3 is 26.2 Å². The number of piperidine rings is 1. The van der Waals surface area contributed by atoms with Gasteiger partial charge >= 0.3 is 13.1 Å². The highest BCUT2D eigenvalue weighted by Gasteiger charge is 2.39. The van der Waals surface area contributed by atoms with Crippen LogP contribution in [0.2, 0.25) is 6.32 Å². The highest BCUT2D eigenvalue weighted by Crippen LogP contribution is 2.23. The first-order valence-corrected chi connectivity index (χ1v) is 5.03. The summed E-state index contributed by atoms with van der Waals surface area (Å²) in [6.45, 7) is 0.944. The molecule has 0 aromatic heterocycles. The van der Waals surface area contributed by atoms with E-state index in [1.807, 2.05) is 0 Å². The molecule has 1 aliphatic heterocycles. The number of nitrogens with two attached hydrogens (primary N) is 1. The summed E-state index contributed by atoms with van der Waals surface area (Å²) >= 11 is 0. The summed E-state index contributed by atoms with van der Waals surface area (Å²) in [5.74, 6) is -0.925. The Balaban J connectivity index is 0. The summed E-state index contributed by atoms with van der Waals surface area (Å²) < 4.78 is 0. The summed E-state index contributed by atoms with van der Waals surface area (Å²) in [5.41, 5.74) is 4.49. The Morgan fingerprint density at radius 1 is 1.47 bits per heavy atom. The standard InChI is InChI=1S/C8H17BN2O4.2ClH/c10-8(7(12)13)3-6(4-11-5-8)1-2-9(14)15;;/h6,11,14-15H,1-5,10H2,(H,12,13);2*1H. The number of hydrogen-bond donors (Lipinski definition) is 5. The van der Waals surface area contributed by atoms with E-state index in [1.165, 1.54) is 0 Å². The lowest BCUT2D eigenvalue weighted by Crippen LogP contribution is -2.60. The van der Waals surface area contributed by atoms with Crippen LogP contribution in [0.3, 0.4) is 0 Å². The van der Waals surface area contributed by atoms with Crippen molar-refractivity contribution in [3.63, 3.8) is 0 Å². The predicted molar refractivity (Wildman–Crippen MR) is 69.6 cm³/mol. The largest absolute Gasteiger partial charge is 0.480 e. The van der Waals surface area contributed by atoms with Gasteiger partial charge in [0.05, 0.1) is 0 Å². The van der Waals surface area contributed by atoms with E-state index in [2.05, 4.69) is 5.32 Å². The van der Waals surface area contributed by atoms with E-state index in [4.69, 9.17) is 20.9 Å². The Labute approximate surface area is 113 Å². The molecule has 0 amide bonds. The minimum Gasteiger partial charge on any atom is -0.480 e. The molecular formula is C8H19BCl2N2O4. The van der Waals surface area contributed by atoms with Crippen LogP contribution in [-0.4, -0.2) is 46.9 Å². The molecule has 0 spiro atoms. The predicted octanol–water partition coefficient (Wildman–Crippen LogP) is -0.916. The van der Waals surface area contributed by atoms with E-state index in [1.54, 1.807) is 0 Å². The van der Waals surface area contributed by atoms with Crippen LogP contribution in [-0.2, 0) is 4.79 Å². The third-order valence-corrected chi connectivity index (χ3v) is 2.79. The minimum atomic E-state index is -1.33. The first-order chi connectivity index (χ1) is 6.94. The monoisotopic (exact) mass is 288 g/mol. The van der Waals surface area contributed by atoms with Crippen molar-refractivity contribution in [2.24, 2.45) is 11.7 Å². The fourth-order valence-corrected chi connectivity index (χ4v) is 1.91. The van der Waals surface area contributed by atoms with E-state index < -0.39 is 18.6 Å². The lowest BCUT2D eigenvalue weighted by molar-refractivity contribution is -0.144. The molecule has 1 saturated heterocycles. The zero-order chi connectivity index (χ0) is 11.5. The number of rotatable bonds is 4. The molecule has 1 fully saturated rings. The third-order valence-electron chi connectivity index (χ3n) is 2.79. The Morgan fingerprint density at radius 2 is 2.06 bits per heavy atom. The summed E-state index contributed by atoms with van der Waals surface area (Å²) in [7, 11) is -1.33. The molecule has 0 bridgehead atoms. The van der Waals surface area contributed by atoms with Gasteiger partial charge in [0.15, 0.2) is 0 Å². The summed E-state index contributed by atoms with van der Waals surface area (Å²) in [5, 5.41) is 29.3. The Bertz CT molecular complexity index is 248. The zero-order valence-electron chi connectivity index (χ0n) is 9.33. The molecule has 0 aliphatic carbocycles. The van der Waals surface area contributed by atoms with Crippen LogP contribution in [0.4, 0.5) is 0 Å². The van der Waals surface area contributed by atoms with Crippen molar-refractivity contribution in [1.29, 1.82) is 0 Å². The highest BCUT2D eigenvalue weighted by atomic mass is 35.5. The third kappa shape index (κ3) is 5.90. The molecule has 0 aromatic rings. The Morgan fingerprint density at radius 3 is 2.53 bits per heavy atom. The summed E-state index contributed by atoms with van der Waals surface area (Å²) in [4.78, 5) is 10.9. The lowest BCUT2D eigenvalue weighted by Gasteiger charge is -2.35. The van der Waals surface area contributed by atoms with Crippen molar-refractivity contribution in [3.8, 4) is 0 Å². The van der Waals surface area contributed by atoms with E-state index in [0.29, 0.717) is 19.4 Å². The molecule has 9 heteroatoms. The molecule has 102 valence electrons. The van der Waals surface area contributed by atoms with Crippen molar-refractivity contribution >= 4 is 37.9 Å². The second-order valence-corrected chi connectivity index (χ2v) is 4.22. The molecule has 0 radical (unpaired) electrons. The number of halogens is 2. The molecule has 2 unspecified atom stereocenters. The Kier molecular flexibility index (Phi) is 9.22. The normalized spacial score (nSPS) is 27.6. The quantitative estimate of drug-likeness (QED) is 0.428. The van der Waals surface area contributed by atoms with Crippen molar-refractivity contribution in [3.05, 3.63) is 0 Å². The molecule has 17 heavy (non-hydrogen) atoms. The van der Waals surface area contributed by atoms with Gasteiger partial charge in [-0.25, -0.2) is 0 Å². The molecule has 0 aromatic carbocycles. The first-order valence-electron chi connectivity index (χ1n) is 5.03. The summed E-state index contributed by atoms with van der Waals surface area (Å²) in [6, 6.07) is 0. The molecule has 1 aliphatic rings. The van der Waals surface area contributed by atoms with Gasteiger partial charge in [-0.05, 0) is 25.2 Å². The minimum absolute atomic E-state index is 0. The van der Waals surface area contributed by atoms with Gasteiger partial charge in [-0.2, -0.15) is 0 Å². The zero-order valence-corrected chi connectivity index (χ0v) is 11.0. The van der Waals surface area contributed by atoms with Gasteiger partial charge in [0.2, 0.25) is 0 Å². The van der Waals surface area contributed by atoms with Crippen molar-refractivity contribution < 1.29 is 19.9 Å². The molecule has 1 heterocycles. The summed E-state index contributed by atoms with van der Waals surface area (Å²) in [6.07, 6.45) is 1.20. The van der Waals surface area contributed by atoms with Gasteiger partial charge in [0, 0.05) is 6.54 Å². The fourth-order valence-electron chi connectivity index (χ4n) is 1.91. The maximum atomic E-state index is 10.9. The van der Waals surface area contributed by atoms with Crippen LogP contribution in [0.15, 0.2) is 0 Å². The Hall–Kier alpha value is -0.0451. The maximum Gasteiger partial charge on any atom is 0.451 e. The second kappa shape index (κ2) is 8.13. The molecule has 2 atom stereocenters. The SMILES string of the molecule is Cl.Cl.NC1(C(=O)O)CNCC(CCB(O)O)C1. The smallest absolute Gasteiger partial charge is 0.451 e. The topological polar surface area (TPSA) is 116 Å².